The lowest BCUT2D eigenvalue weighted by atomic mass is 9.78. The van der Waals surface area contributed by atoms with Gasteiger partial charge in [0.05, 0.1) is 7.11 Å². The third kappa shape index (κ3) is 10.9. The highest BCUT2D eigenvalue weighted by Gasteiger charge is 2.23. The molecule has 61 heavy (non-hydrogen) atoms. The minimum Gasteiger partial charge on any atom is -0.497 e. The van der Waals surface area contributed by atoms with Crippen molar-refractivity contribution in [2.24, 2.45) is 0 Å². The molecule has 0 N–H and O–H groups in total. The quantitative estimate of drug-likeness (QED) is 0.0497. The lowest BCUT2D eigenvalue weighted by Crippen LogP contribution is -2.19. The molecule has 0 atom stereocenters. The lowest BCUT2D eigenvalue weighted by molar-refractivity contribution is -0.131. The van der Waals surface area contributed by atoms with Crippen molar-refractivity contribution in [3.05, 3.63) is 209 Å². The van der Waals surface area contributed by atoms with Gasteiger partial charge < -0.3 is 23.8 Å². The maximum Gasteiger partial charge on any atom is 0.519 e. The molecule has 0 spiro atoms. The summed E-state index contributed by atoms with van der Waals surface area (Å²) < 4.78 is 21.6. The molecule has 0 saturated heterocycles. The van der Waals surface area contributed by atoms with E-state index >= 15 is 0 Å². The zero-order chi connectivity index (χ0) is 42.8. The van der Waals surface area contributed by atoms with Crippen LogP contribution in [0.4, 0.5) is 21.9 Å². The summed E-state index contributed by atoms with van der Waals surface area (Å²) in [6.07, 6.45) is 7.36. The summed E-state index contributed by atoms with van der Waals surface area (Å²) in [6.45, 7) is 7.66. The molecule has 304 valence electrons. The molecule has 0 aliphatic rings. The van der Waals surface area contributed by atoms with Gasteiger partial charge in [-0.2, -0.15) is 0 Å². The maximum atomic E-state index is 12.8. The van der Waals surface area contributed by atoms with E-state index in [-0.39, 0.29) is 11.4 Å². The molecule has 0 amide bonds. The average molecular weight is 806 g/mol. The number of carbonyl (C=O) groups is 2. The van der Waals surface area contributed by atoms with Crippen molar-refractivity contribution < 1.29 is 28.5 Å². The fraction of sp³-hybridized carbons (Fsp3) is 0.111. The summed E-state index contributed by atoms with van der Waals surface area (Å²) in [4.78, 5) is 26.3. The second kappa shape index (κ2) is 19.0. The Bertz CT molecular complexity index is 2640. The van der Waals surface area contributed by atoms with Gasteiger partial charge in [-0.3, -0.25) is 4.79 Å². The standard InChI is InChI=1S/C54H47NO6/c1-38-12-26-46(27-13-38)55(47-28-18-40(19-29-47)14-16-42-8-6-10-51(36-42)58-5)48-30-20-41(21-31-48)15-17-43-9-7-11-52(37-43)61-53(57)60-50-34-24-45(25-35-50)54(3,4)44-22-32-49(33-23-44)59-39(2)56/h6-37H,1-5H3/b16-14+,17-15+. The molecule has 0 aliphatic carbocycles. The minimum absolute atomic E-state index is 0.351. The molecular weight excluding hydrogens is 759 g/mol. The molecule has 0 radical (unpaired) electrons. The first-order valence-electron chi connectivity index (χ1n) is 20.0. The van der Waals surface area contributed by atoms with Crippen LogP contribution >= 0.6 is 0 Å². The molecule has 7 nitrogen and oxygen atoms in total. The number of hydrogen-bond donors (Lipinski definition) is 0. The predicted octanol–water partition coefficient (Wildman–Crippen LogP) is 13.6. The van der Waals surface area contributed by atoms with Gasteiger partial charge in [0.25, 0.3) is 0 Å². The van der Waals surface area contributed by atoms with Gasteiger partial charge in [-0.05, 0) is 125 Å². The number of carbonyl (C=O) groups excluding carboxylic acids is 2. The second-order valence-corrected chi connectivity index (χ2v) is 15.1. The number of nitrogens with zero attached hydrogens (tertiary/aromatic N) is 1. The van der Waals surface area contributed by atoms with Gasteiger partial charge in [0.2, 0.25) is 0 Å². The van der Waals surface area contributed by atoms with Crippen molar-refractivity contribution in [2.75, 3.05) is 12.0 Å². The molecule has 7 heteroatoms. The van der Waals surface area contributed by atoms with Crippen LogP contribution in [0.25, 0.3) is 24.3 Å². The zero-order valence-electron chi connectivity index (χ0n) is 34.9. The molecule has 0 saturated carbocycles. The van der Waals surface area contributed by atoms with Crippen LogP contribution in [-0.2, 0) is 10.2 Å². The Labute approximate surface area is 357 Å². The first-order valence-corrected chi connectivity index (χ1v) is 20.0. The molecular formula is C54H47NO6. The second-order valence-electron chi connectivity index (χ2n) is 15.1. The number of ether oxygens (including phenoxy) is 4. The van der Waals surface area contributed by atoms with E-state index in [1.807, 2.05) is 66.7 Å². The molecule has 7 aromatic rings. The summed E-state index contributed by atoms with van der Waals surface area (Å²) in [5.41, 5.74) is 10.1. The number of hydrogen-bond acceptors (Lipinski definition) is 7. The van der Waals surface area contributed by atoms with Crippen LogP contribution in [0.2, 0.25) is 0 Å². The van der Waals surface area contributed by atoms with E-state index in [0.717, 1.165) is 56.2 Å². The summed E-state index contributed by atoms with van der Waals surface area (Å²) in [6, 6.07) is 55.5. The Morgan fingerprint density at radius 2 is 0.885 bits per heavy atom. The van der Waals surface area contributed by atoms with E-state index in [1.165, 1.54) is 12.5 Å². The molecule has 7 rings (SSSR count). The van der Waals surface area contributed by atoms with E-state index < -0.39 is 6.16 Å². The van der Waals surface area contributed by atoms with E-state index in [9.17, 15) is 9.59 Å². The molecule has 0 aliphatic heterocycles. The van der Waals surface area contributed by atoms with Gasteiger partial charge in [-0.15, -0.1) is 0 Å². The van der Waals surface area contributed by atoms with Crippen molar-refractivity contribution in [3.63, 3.8) is 0 Å². The van der Waals surface area contributed by atoms with Crippen LogP contribution in [0.5, 0.6) is 23.0 Å². The van der Waals surface area contributed by atoms with Crippen molar-refractivity contribution in [1.82, 2.24) is 0 Å². The normalized spacial score (nSPS) is 11.4. The van der Waals surface area contributed by atoms with Gasteiger partial charge in [0.15, 0.2) is 0 Å². The Hall–Kier alpha value is -7.64. The van der Waals surface area contributed by atoms with E-state index in [4.69, 9.17) is 18.9 Å². The van der Waals surface area contributed by atoms with Crippen molar-refractivity contribution in [1.29, 1.82) is 0 Å². The smallest absolute Gasteiger partial charge is 0.497 e. The van der Waals surface area contributed by atoms with Crippen molar-refractivity contribution in [3.8, 4) is 23.0 Å². The van der Waals surface area contributed by atoms with Crippen molar-refractivity contribution >= 4 is 53.5 Å². The third-order valence-corrected chi connectivity index (χ3v) is 10.3. The predicted molar refractivity (Wildman–Crippen MR) is 246 cm³/mol. The zero-order valence-corrected chi connectivity index (χ0v) is 34.9. The van der Waals surface area contributed by atoms with Gasteiger partial charge in [0.1, 0.15) is 23.0 Å². The number of aryl methyl sites for hydroxylation is 1. The van der Waals surface area contributed by atoms with Crippen LogP contribution < -0.4 is 23.8 Å². The molecule has 7 aromatic carbocycles. The number of benzene rings is 7. The third-order valence-electron chi connectivity index (χ3n) is 10.3. The summed E-state index contributed by atoms with van der Waals surface area (Å²) in [5.74, 6) is 1.70. The summed E-state index contributed by atoms with van der Waals surface area (Å²) in [7, 11) is 1.68. The van der Waals surface area contributed by atoms with E-state index in [1.54, 1.807) is 43.5 Å². The monoisotopic (exact) mass is 805 g/mol. The van der Waals surface area contributed by atoms with E-state index in [2.05, 4.69) is 117 Å². The Balaban J connectivity index is 0.985. The topological polar surface area (TPSA) is 74.3 Å². The summed E-state index contributed by atoms with van der Waals surface area (Å²) >= 11 is 0. The van der Waals surface area contributed by atoms with Crippen LogP contribution in [0.3, 0.4) is 0 Å². The first-order chi connectivity index (χ1) is 29.5. The fourth-order valence-corrected chi connectivity index (χ4v) is 6.85. The molecule has 0 aromatic heterocycles. The van der Waals surface area contributed by atoms with Crippen LogP contribution in [-0.4, -0.2) is 19.2 Å². The van der Waals surface area contributed by atoms with Gasteiger partial charge in [-0.25, -0.2) is 4.79 Å². The Kier molecular flexibility index (Phi) is 12.9. The van der Waals surface area contributed by atoms with E-state index in [0.29, 0.717) is 17.2 Å². The largest absolute Gasteiger partial charge is 0.519 e. The summed E-state index contributed by atoms with van der Waals surface area (Å²) in [5, 5.41) is 0. The van der Waals surface area contributed by atoms with Crippen LogP contribution in [0.1, 0.15) is 59.7 Å². The fourth-order valence-electron chi connectivity index (χ4n) is 6.85. The number of esters is 1. The Morgan fingerprint density at radius 3 is 1.36 bits per heavy atom. The molecule has 0 unspecified atom stereocenters. The van der Waals surface area contributed by atoms with Gasteiger partial charge in [0, 0.05) is 29.4 Å². The van der Waals surface area contributed by atoms with Gasteiger partial charge in [-0.1, -0.05) is 129 Å². The highest BCUT2D eigenvalue weighted by atomic mass is 16.7. The van der Waals surface area contributed by atoms with Gasteiger partial charge >= 0.3 is 12.1 Å². The highest BCUT2D eigenvalue weighted by Crippen LogP contribution is 2.36. The lowest BCUT2D eigenvalue weighted by Gasteiger charge is -2.26. The molecule has 0 heterocycles. The number of anilines is 3. The van der Waals surface area contributed by atoms with Crippen molar-refractivity contribution in [2.45, 2.75) is 33.1 Å². The first kappa shape index (κ1) is 41.5. The number of methoxy groups -OCH3 is 1. The van der Waals surface area contributed by atoms with Crippen LogP contribution in [0.15, 0.2) is 170 Å². The maximum absolute atomic E-state index is 12.8. The molecule has 0 bridgehead atoms. The average Bonchev–Trinajstić information content (AvgIpc) is 3.27. The SMILES string of the molecule is COc1cccc(/C=C/c2ccc(N(c3ccc(C)cc3)c3ccc(/C=C/c4cccc(OC(=O)Oc5ccc(C(C)(C)c6ccc(OC(C)=O)cc6)cc5)c4)cc3)cc2)c1. The van der Waals surface area contributed by atoms with Crippen LogP contribution in [0, 0.1) is 6.92 Å². The highest BCUT2D eigenvalue weighted by molar-refractivity contribution is 5.80. The minimum atomic E-state index is -0.831. The number of rotatable bonds is 13. The Morgan fingerprint density at radius 1 is 0.475 bits per heavy atom. The molecule has 0 fully saturated rings.